The summed E-state index contributed by atoms with van der Waals surface area (Å²) in [5, 5.41) is 0. The standard InChI is InChI=1S/C34H64.2CO2/c1-5-9-13-17-19-23-27-31-33(29-25-21-15-11-7-3)34(30-26-22-16-12-8-4)32-28-24-20-18-14-10-6-2;2*2-1-3/h19-20,23-24,31,34H,5-18,21-22,25-30,32H2,1-4H3;;. The highest BCUT2D eigenvalue weighted by molar-refractivity contribution is 5.20. The number of allylic oxidation sites excluding steroid dienone is 6. The Balaban J connectivity index is -0.00000207. The van der Waals surface area contributed by atoms with Gasteiger partial charge in [0.25, 0.3) is 0 Å². The SMILES string of the molecule is CCCCCC=CCC=C(CCCCCCC)C(CCC=CCCCCC)CCCCCCC.O=C=O.O=C=O. The van der Waals surface area contributed by atoms with Crippen LogP contribution in [0.15, 0.2) is 36.0 Å². The summed E-state index contributed by atoms with van der Waals surface area (Å²) in [6.07, 6.45) is 44.2. The molecule has 0 heterocycles. The molecule has 1 atom stereocenters. The number of rotatable bonds is 26. The first-order chi connectivity index (χ1) is 19.6. The molecule has 1 unspecified atom stereocenters. The van der Waals surface area contributed by atoms with Crippen LogP contribution in [0.25, 0.3) is 0 Å². The fraction of sp³-hybridized carbons (Fsp3) is 0.778. The third kappa shape index (κ3) is 38.1. The maximum atomic E-state index is 8.12. The third-order valence-corrected chi connectivity index (χ3v) is 7.23. The Bertz CT molecular complexity index is 623. The summed E-state index contributed by atoms with van der Waals surface area (Å²) in [5.74, 6) is 0.807. The van der Waals surface area contributed by atoms with E-state index in [1.54, 1.807) is 5.57 Å². The highest BCUT2D eigenvalue weighted by atomic mass is 16.2. The summed E-state index contributed by atoms with van der Waals surface area (Å²) in [5.41, 5.74) is 1.80. The Hall–Kier alpha value is -2.02. The van der Waals surface area contributed by atoms with E-state index in [0.29, 0.717) is 0 Å². The van der Waals surface area contributed by atoms with Gasteiger partial charge in [-0.1, -0.05) is 147 Å². The Morgan fingerprint density at radius 2 is 0.925 bits per heavy atom. The predicted octanol–water partition coefficient (Wildman–Crippen LogP) is 11.5. The molecule has 0 aromatic carbocycles. The van der Waals surface area contributed by atoms with Crippen LogP contribution in [0.2, 0.25) is 0 Å². The first kappa shape index (κ1) is 42.4. The van der Waals surface area contributed by atoms with Gasteiger partial charge in [-0.05, 0) is 70.1 Å². The second-order valence-electron chi connectivity index (χ2n) is 10.8. The van der Waals surface area contributed by atoms with Gasteiger partial charge < -0.3 is 0 Å². The molecular weight excluding hydrogens is 496 g/mol. The van der Waals surface area contributed by atoms with E-state index in [1.807, 2.05) is 0 Å². The number of hydrogen-bond donors (Lipinski definition) is 0. The lowest BCUT2D eigenvalue weighted by atomic mass is 9.85. The number of carbonyl (C=O) groups excluding carboxylic acids is 4. The van der Waals surface area contributed by atoms with Gasteiger partial charge in [-0.15, -0.1) is 0 Å². The molecule has 0 aliphatic heterocycles. The van der Waals surface area contributed by atoms with Crippen LogP contribution in [0.3, 0.4) is 0 Å². The maximum Gasteiger partial charge on any atom is 0.373 e. The Morgan fingerprint density at radius 3 is 1.45 bits per heavy atom. The van der Waals surface area contributed by atoms with Gasteiger partial charge >= 0.3 is 12.3 Å². The molecule has 0 bridgehead atoms. The van der Waals surface area contributed by atoms with Gasteiger partial charge in [0.1, 0.15) is 0 Å². The van der Waals surface area contributed by atoms with Gasteiger partial charge in [-0.25, -0.2) is 0 Å². The quantitative estimate of drug-likeness (QED) is 0.0779. The average molecular weight is 561 g/mol. The monoisotopic (exact) mass is 560 g/mol. The fourth-order valence-electron chi connectivity index (χ4n) is 4.91. The van der Waals surface area contributed by atoms with Crippen LogP contribution in [0.5, 0.6) is 0 Å². The van der Waals surface area contributed by atoms with Gasteiger partial charge in [0, 0.05) is 0 Å². The lowest BCUT2D eigenvalue weighted by molar-refractivity contribution is -0.193. The van der Waals surface area contributed by atoms with Crippen molar-refractivity contribution in [1.82, 2.24) is 0 Å². The summed E-state index contributed by atoms with van der Waals surface area (Å²) < 4.78 is 0. The van der Waals surface area contributed by atoms with Gasteiger partial charge in [0.15, 0.2) is 0 Å². The molecule has 40 heavy (non-hydrogen) atoms. The van der Waals surface area contributed by atoms with Crippen LogP contribution in [-0.4, -0.2) is 12.3 Å². The molecule has 4 nitrogen and oxygen atoms in total. The zero-order valence-corrected chi connectivity index (χ0v) is 26.9. The van der Waals surface area contributed by atoms with E-state index in [9.17, 15) is 0 Å². The number of unbranched alkanes of at least 4 members (excludes halogenated alkanes) is 14. The predicted molar refractivity (Wildman–Crippen MR) is 169 cm³/mol. The van der Waals surface area contributed by atoms with Crippen molar-refractivity contribution in [2.75, 3.05) is 0 Å². The molecule has 0 rings (SSSR count). The van der Waals surface area contributed by atoms with E-state index >= 15 is 0 Å². The van der Waals surface area contributed by atoms with E-state index in [-0.39, 0.29) is 12.3 Å². The summed E-state index contributed by atoms with van der Waals surface area (Å²) in [6.45, 7) is 9.24. The van der Waals surface area contributed by atoms with E-state index < -0.39 is 0 Å². The van der Waals surface area contributed by atoms with E-state index in [4.69, 9.17) is 19.2 Å². The maximum absolute atomic E-state index is 8.12. The lowest BCUT2D eigenvalue weighted by Crippen LogP contribution is -2.06. The number of hydrogen-bond acceptors (Lipinski definition) is 4. The third-order valence-electron chi connectivity index (χ3n) is 7.23. The van der Waals surface area contributed by atoms with Crippen molar-refractivity contribution in [1.29, 1.82) is 0 Å². The van der Waals surface area contributed by atoms with Gasteiger partial charge in [0.05, 0.1) is 0 Å². The lowest BCUT2D eigenvalue weighted by Gasteiger charge is -2.21. The second-order valence-corrected chi connectivity index (χ2v) is 10.8. The molecule has 0 saturated carbocycles. The highest BCUT2D eigenvalue weighted by Gasteiger charge is 2.13. The van der Waals surface area contributed by atoms with Crippen LogP contribution < -0.4 is 0 Å². The topological polar surface area (TPSA) is 68.3 Å². The van der Waals surface area contributed by atoms with Crippen molar-refractivity contribution in [3.63, 3.8) is 0 Å². The smallest absolute Gasteiger partial charge is 0.186 e. The average Bonchev–Trinajstić information content (AvgIpc) is 2.95. The molecule has 0 amide bonds. The molecule has 0 aromatic heterocycles. The molecule has 0 spiro atoms. The van der Waals surface area contributed by atoms with Crippen LogP contribution in [-0.2, 0) is 19.2 Å². The van der Waals surface area contributed by atoms with Crippen molar-refractivity contribution in [3.8, 4) is 0 Å². The summed E-state index contributed by atoms with van der Waals surface area (Å²) in [4.78, 5) is 32.5. The summed E-state index contributed by atoms with van der Waals surface area (Å²) >= 11 is 0. The highest BCUT2D eigenvalue weighted by Crippen LogP contribution is 2.29. The van der Waals surface area contributed by atoms with Gasteiger partial charge in [-0.2, -0.15) is 19.2 Å². The van der Waals surface area contributed by atoms with E-state index in [2.05, 4.69) is 58.1 Å². The van der Waals surface area contributed by atoms with Gasteiger partial charge in [0.2, 0.25) is 0 Å². The van der Waals surface area contributed by atoms with Crippen molar-refractivity contribution >= 4 is 12.3 Å². The normalized spacial score (nSPS) is 11.8. The Labute approximate surface area is 248 Å². The minimum atomic E-state index is 0.250. The Kier molecular flexibility index (Phi) is 44.0. The van der Waals surface area contributed by atoms with E-state index in [1.165, 1.54) is 141 Å². The summed E-state index contributed by atoms with van der Waals surface area (Å²) in [7, 11) is 0. The van der Waals surface area contributed by atoms with Crippen LogP contribution >= 0.6 is 0 Å². The molecule has 0 aromatic rings. The molecule has 0 radical (unpaired) electrons. The van der Waals surface area contributed by atoms with Crippen molar-refractivity contribution < 1.29 is 19.2 Å². The first-order valence-corrected chi connectivity index (χ1v) is 16.6. The van der Waals surface area contributed by atoms with Crippen LogP contribution in [0.1, 0.15) is 175 Å². The van der Waals surface area contributed by atoms with Crippen molar-refractivity contribution in [3.05, 3.63) is 36.0 Å². The molecule has 232 valence electrons. The van der Waals surface area contributed by atoms with Crippen molar-refractivity contribution in [2.24, 2.45) is 5.92 Å². The molecule has 0 aliphatic rings. The molecule has 4 heteroatoms. The van der Waals surface area contributed by atoms with Crippen LogP contribution in [0, 0.1) is 5.92 Å². The van der Waals surface area contributed by atoms with Gasteiger partial charge in [-0.3, -0.25) is 0 Å². The zero-order chi connectivity index (χ0) is 30.4. The first-order valence-electron chi connectivity index (χ1n) is 16.6. The van der Waals surface area contributed by atoms with E-state index in [0.717, 1.165) is 12.3 Å². The largest absolute Gasteiger partial charge is 0.373 e. The minimum absolute atomic E-state index is 0.250. The molecule has 0 aliphatic carbocycles. The fourth-order valence-corrected chi connectivity index (χ4v) is 4.91. The Morgan fingerprint density at radius 1 is 0.500 bits per heavy atom. The van der Waals surface area contributed by atoms with Crippen molar-refractivity contribution in [2.45, 2.75) is 175 Å². The molecule has 0 fully saturated rings. The molecule has 0 saturated heterocycles. The molecule has 0 N–H and O–H groups in total. The molecular formula is C36H64O4. The second kappa shape index (κ2) is 41.5. The zero-order valence-electron chi connectivity index (χ0n) is 26.9. The van der Waals surface area contributed by atoms with Crippen LogP contribution in [0.4, 0.5) is 0 Å². The summed E-state index contributed by atoms with van der Waals surface area (Å²) in [6, 6.07) is 0. The minimum Gasteiger partial charge on any atom is -0.186 e.